The Morgan fingerprint density at radius 3 is 2.23 bits per heavy atom. The lowest BCUT2D eigenvalue weighted by Gasteiger charge is -2.35. The standard InChI is InChI=1S/C22H26N5O7P/c28-20(17-12-16(14-6-7-14)23-19(24-17)15-4-2-1-3-5-15)25-18(13-35(32,33)34)21(29)26-8-10-27(11-9-26)22(30)31/h1-5,12,14,18H,6-11,13H2,(H,25,28)(H,30,31)(H2,32,33,34)/t18-/m0/s1. The van der Waals surface area contributed by atoms with E-state index in [9.17, 15) is 28.7 Å². The van der Waals surface area contributed by atoms with Crippen LogP contribution in [0.4, 0.5) is 4.79 Å². The van der Waals surface area contributed by atoms with Crippen LogP contribution in [-0.2, 0) is 9.36 Å². The molecule has 13 heteroatoms. The molecule has 2 aliphatic rings. The zero-order valence-corrected chi connectivity index (χ0v) is 19.7. The zero-order chi connectivity index (χ0) is 25.2. The molecular formula is C22H26N5O7P. The van der Waals surface area contributed by atoms with Gasteiger partial charge in [-0.25, -0.2) is 14.8 Å². The molecule has 1 atom stereocenters. The lowest BCUT2D eigenvalue weighted by Crippen LogP contribution is -2.56. The molecule has 2 heterocycles. The summed E-state index contributed by atoms with van der Waals surface area (Å²) in [5, 5.41) is 11.5. The second-order valence-electron chi connectivity index (χ2n) is 8.61. The molecule has 4 N–H and O–H groups in total. The summed E-state index contributed by atoms with van der Waals surface area (Å²) in [7, 11) is -4.67. The fourth-order valence-corrected chi connectivity index (χ4v) is 4.60. The number of carboxylic acid groups (broad SMARTS) is 1. The molecule has 1 saturated carbocycles. The molecule has 3 amide bonds. The second-order valence-corrected chi connectivity index (χ2v) is 10.3. The maximum absolute atomic E-state index is 13.1. The molecule has 0 radical (unpaired) electrons. The average molecular weight is 503 g/mol. The third-order valence-electron chi connectivity index (χ3n) is 5.89. The van der Waals surface area contributed by atoms with E-state index in [1.165, 1.54) is 4.90 Å². The molecule has 2 fully saturated rings. The number of nitrogens with one attached hydrogen (secondary N) is 1. The fraction of sp³-hybridized carbons (Fsp3) is 0.409. The number of carbonyl (C=O) groups excluding carboxylic acids is 2. The smallest absolute Gasteiger partial charge is 0.407 e. The lowest BCUT2D eigenvalue weighted by molar-refractivity contribution is -0.134. The average Bonchev–Trinajstić information content (AvgIpc) is 3.68. The summed E-state index contributed by atoms with van der Waals surface area (Å²) in [5.74, 6) is -0.873. The highest BCUT2D eigenvalue weighted by atomic mass is 31.2. The van der Waals surface area contributed by atoms with Crippen LogP contribution >= 0.6 is 7.60 Å². The molecule has 1 aromatic heterocycles. The van der Waals surface area contributed by atoms with Gasteiger partial charge in [0.2, 0.25) is 5.91 Å². The monoisotopic (exact) mass is 503 g/mol. The summed E-state index contributed by atoms with van der Waals surface area (Å²) in [5.41, 5.74) is 1.41. The van der Waals surface area contributed by atoms with Crippen LogP contribution in [0.1, 0.15) is 34.9 Å². The normalized spacial score (nSPS) is 17.1. The Labute approximate surface area is 201 Å². The summed E-state index contributed by atoms with van der Waals surface area (Å²) in [6, 6.07) is 9.15. The first-order valence-electron chi connectivity index (χ1n) is 11.2. The quantitative estimate of drug-likeness (QED) is 0.404. The number of hydrogen-bond acceptors (Lipinski definition) is 6. The van der Waals surface area contributed by atoms with Gasteiger partial charge in [-0.05, 0) is 18.9 Å². The SMILES string of the molecule is O=C(N[C@@H](CP(=O)(O)O)C(=O)N1CCN(C(=O)O)CC1)c1cc(C2CC2)nc(-c2ccccc2)n1. The van der Waals surface area contributed by atoms with Gasteiger partial charge in [-0.2, -0.15) is 0 Å². The van der Waals surface area contributed by atoms with Gasteiger partial charge >= 0.3 is 13.7 Å². The predicted octanol–water partition coefficient (Wildman–Crippen LogP) is 1.12. The highest BCUT2D eigenvalue weighted by molar-refractivity contribution is 7.51. The van der Waals surface area contributed by atoms with Gasteiger partial charge in [0.05, 0.1) is 6.16 Å². The minimum atomic E-state index is -4.67. The topological polar surface area (TPSA) is 173 Å². The number of piperazine rings is 1. The summed E-state index contributed by atoms with van der Waals surface area (Å²) in [6.45, 7) is 0.232. The molecule has 186 valence electrons. The van der Waals surface area contributed by atoms with E-state index in [-0.39, 0.29) is 37.8 Å². The molecule has 1 aliphatic carbocycles. The van der Waals surface area contributed by atoms with E-state index in [1.54, 1.807) is 6.07 Å². The Kier molecular flexibility index (Phi) is 7.15. The number of benzene rings is 1. The first kappa shape index (κ1) is 24.8. The summed E-state index contributed by atoms with van der Waals surface area (Å²) < 4.78 is 11.7. The first-order valence-corrected chi connectivity index (χ1v) is 13.0. The highest BCUT2D eigenvalue weighted by Gasteiger charge is 2.35. The Balaban J connectivity index is 1.56. The number of nitrogens with zero attached hydrogens (tertiary/aromatic N) is 4. The minimum Gasteiger partial charge on any atom is -0.465 e. The Bertz CT molecular complexity index is 1160. The molecule has 35 heavy (non-hydrogen) atoms. The van der Waals surface area contributed by atoms with Gasteiger partial charge in [-0.1, -0.05) is 30.3 Å². The van der Waals surface area contributed by atoms with Crippen molar-refractivity contribution in [3.63, 3.8) is 0 Å². The Hall–Kier alpha value is -3.34. The predicted molar refractivity (Wildman–Crippen MR) is 124 cm³/mol. The van der Waals surface area contributed by atoms with Crippen LogP contribution in [0, 0.1) is 0 Å². The zero-order valence-electron chi connectivity index (χ0n) is 18.8. The second kappa shape index (κ2) is 10.1. The minimum absolute atomic E-state index is 0.0000357. The molecule has 4 rings (SSSR count). The van der Waals surface area contributed by atoms with Crippen molar-refractivity contribution in [2.75, 3.05) is 32.3 Å². The van der Waals surface area contributed by atoms with Crippen LogP contribution in [-0.4, -0.2) is 91.0 Å². The first-order chi connectivity index (χ1) is 16.6. The van der Waals surface area contributed by atoms with Crippen molar-refractivity contribution in [2.24, 2.45) is 0 Å². The third kappa shape index (κ3) is 6.41. The number of carbonyl (C=O) groups is 3. The summed E-state index contributed by atoms with van der Waals surface area (Å²) in [6.07, 6.45) is -0.119. The van der Waals surface area contributed by atoms with Crippen molar-refractivity contribution < 1.29 is 33.8 Å². The third-order valence-corrected chi connectivity index (χ3v) is 6.73. The van der Waals surface area contributed by atoms with Gasteiger partial charge in [0, 0.05) is 43.4 Å². The van der Waals surface area contributed by atoms with E-state index >= 15 is 0 Å². The Morgan fingerprint density at radius 2 is 1.66 bits per heavy atom. The van der Waals surface area contributed by atoms with Crippen molar-refractivity contribution >= 4 is 25.5 Å². The van der Waals surface area contributed by atoms with Crippen LogP contribution in [0.15, 0.2) is 36.4 Å². The summed E-state index contributed by atoms with van der Waals surface area (Å²) in [4.78, 5) is 67.7. The number of aromatic nitrogens is 2. The van der Waals surface area contributed by atoms with Gasteiger partial charge in [0.15, 0.2) is 5.82 Å². The van der Waals surface area contributed by atoms with Crippen molar-refractivity contribution in [1.29, 1.82) is 0 Å². The van der Waals surface area contributed by atoms with Crippen molar-refractivity contribution in [3.8, 4) is 11.4 Å². The van der Waals surface area contributed by atoms with Crippen LogP contribution in [0.5, 0.6) is 0 Å². The van der Waals surface area contributed by atoms with E-state index in [0.717, 1.165) is 17.7 Å². The number of hydrogen-bond donors (Lipinski definition) is 4. The van der Waals surface area contributed by atoms with Crippen molar-refractivity contribution in [3.05, 3.63) is 47.8 Å². The van der Waals surface area contributed by atoms with Crippen LogP contribution < -0.4 is 5.32 Å². The van der Waals surface area contributed by atoms with Crippen molar-refractivity contribution in [1.82, 2.24) is 25.1 Å². The molecular weight excluding hydrogens is 477 g/mol. The lowest BCUT2D eigenvalue weighted by atomic mass is 10.1. The van der Waals surface area contributed by atoms with E-state index < -0.39 is 37.7 Å². The van der Waals surface area contributed by atoms with Gasteiger partial charge in [-0.15, -0.1) is 0 Å². The molecule has 2 aromatic rings. The van der Waals surface area contributed by atoms with Crippen molar-refractivity contribution in [2.45, 2.75) is 24.8 Å². The largest absolute Gasteiger partial charge is 0.465 e. The highest BCUT2D eigenvalue weighted by Crippen LogP contribution is 2.40. The molecule has 0 unspecified atom stereocenters. The van der Waals surface area contributed by atoms with E-state index in [1.807, 2.05) is 30.3 Å². The molecule has 1 aromatic carbocycles. The maximum atomic E-state index is 13.1. The van der Waals surface area contributed by atoms with E-state index in [4.69, 9.17) is 5.11 Å². The molecule has 0 spiro atoms. The van der Waals surface area contributed by atoms with Crippen LogP contribution in [0.25, 0.3) is 11.4 Å². The van der Waals surface area contributed by atoms with Gasteiger partial charge < -0.3 is 30.0 Å². The molecule has 12 nitrogen and oxygen atoms in total. The Morgan fingerprint density at radius 1 is 1.03 bits per heavy atom. The fourth-order valence-electron chi connectivity index (χ4n) is 3.88. The van der Waals surface area contributed by atoms with Crippen LogP contribution in [0.2, 0.25) is 0 Å². The summed E-state index contributed by atoms with van der Waals surface area (Å²) >= 11 is 0. The molecule has 1 saturated heterocycles. The van der Waals surface area contributed by atoms with E-state index in [2.05, 4.69) is 15.3 Å². The number of amides is 3. The molecule has 0 bridgehead atoms. The molecule has 1 aliphatic heterocycles. The van der Waals surface area contributed by atoms with E-state index in [0.29, 0.717) is 17.1 Å². The van der Waals surface area contributed by atoms with Gasteiger partial charge in [0.25, 0.3) is 5.91 Å². The number of rotatable bonds is 7. The van der Waals surface area contributed by atoms with Gasteiger partial charge in [-0.3, -0.25) is 14.2 Å². The maximum Gasteiger partial charge on any atom is 0.407 e. The van der Waals surface area contributed by atoms with Gasteiger partial charge in [0.1, 0.15) is 11.7 Å². The van der Waals surface area contributed by atoms with Crippen LogP contribution in [0.3, 0.4) is 0 Å².